The summed E-state index contributed by atoms with van der Waals surface area (Å²) >= 11 is 0. The van der Waals surface area contributed by atoms with Crippen molar-refractivity contribution in [3.8, 4) is 0 Å². The largest absolute Gasteiger partial charge is 0.379 e. The number of nitrogens with one attached hydrogen (secondary N) is 1. The van der Waals surface area contributed by atoms with Crippen LogP contribution in [-0.2, 0) is 16.1 Å². The molecule has 3 aromatic rings. The summed E-state index contributed by atoms with van der Waals surface area (Å²) in [6.07, 6.45) is 2.69. The van der Waals surface area contributed by atoms with E-state index in [0.29, 0.717) is 24.2 Å². The van der Waals surface area contributed by atoms with Gasteiger partial charge in [-0.2, -0.15) is 0 Å². The van der Waals surface area contributed by atoms with Gasteiger partial charge in [-0.25, -0.2) is 4.39 Å². The summed E-state index contributed by atoms with van der Waals surface area (Å²) in [5.41, 5.74) is 0.810. The number of carbonyl (C=O) groups is 1. The van der Waals surface area contributed by atoms with E-state index in [1.165, 1.54) is 12.1 Å². The van der Waals surface area contributed by atoms with Gasteiger partial charge in [0, 0.05) is 31.1 Å². The Balaban J connectivity index is 1.36. The lowest BCUT2D eigenvalue weighted by molar-refractivity contribution is -0.141. The van der Waals surface area contributed by atoms with Crippen molar-refractivity contribution in [2.24, 2.45) is 5.16 Å². The lowest BCUT2D eigenvalue weighted by Gasteiger charge is -2.20. The molecule has 0 spiro atoms. The Hall–Kier alpha value is -3.29. The first kappa shape index (κ1) is 17.1. The van der Waals surface area contributed by atoms with Gasteiger partial charge in [0.05, 0.1) is 5.71 Å². The molecule has 8 heteroatoms. The van der Waals surface area contributed by atoms with E-state index in [2.05, 4.69) is 20.7 Å². The fourth-order valence-electron chi connectivity index (χ4n) is 3.02. The van der Waals surface area contributed by atoms with E-state index in [4.69, 9.17) is 4.84 Å². The molecule has 3 heterocycles. The van der Waals surface area contributed by atoms with Gasteiger partial charge in [0.15, 0.2) is 5.65 Å². The molecule has 0 fully saturated rings. The highest BCUT2D eigenvalue weighted by Crippen LogP contribution is 2.27. The van der Waals surface area contributed by atoms with E-state index in [0.717, 1.165) is 11.5 Å². The molecule has 1 unspecified atom stereocenters. The molecule has 0 radical (unpaired) electrons. The predicted octanol–water partition coefficient (Wildman–Crippen LogP) is 2.11. The number of halogens is 1. The second-order valence-electron chi connectivity index (χ2n) is 6.60. The molecule has 0 saturated carbocycles. The van der Waals surface area contributed by atoms with Crippen molar-refractivity contribution in [3.63, 3.8) is 0 Å². The third-order valence-corrected chi connectivity index (χ3v) is 4.52. The van der Waals surface area contributed by atoms with E-state index < -0.39 is 5.60 Å². The lowest BCUT2D eigenvalue weighted by atomic mass is 9.95. The van der Waals surface area contributed by atoms with Crippen LogP contribution in [0.4, 0.5) is 4.39 Å². The van der Waals surface area contributed by atoms with E-state index in [-0.39, 0.29) is 18.1 Å². The Morgan fingerprint density at radius 1 is 1.30 bits per heavy atom. The molecule has 1 aromatic carbocycles. The molecule has 138 valence electrons. The zero-order valence-electron chi connectivity index (χ0n) is 14.7. The molecule has 1 aliphatic rings. The summed E-state index contributed by atoms with van der Waals surface area (Å²) in [4.78, 5) is 18.0. The van der Waals surface area contributed by atoms with Crippen molar-refractivity contribution in [1.29, 1.82) is 0 Å². The first-order valence-corrected chi connectivity index (χ1v) is 8.63. The molecule has 0 aliphatic carbocycles. The summed E-state index contributed by atoms with van der Waals surface area (Å²) in [7, 11) is 0. The molecule has 2 aromatic heterocycles. The molecule has 1 N–H and O–H groups in total. The maximum absolute atomic E-state index is 13.4. The molecule has 0 bridgehead atoms. The maximum Gasteiger partial charge on any atom is 0.267 e. The van der Waals surface area contributed by atoms with Crippen LogP contribution < -0.4 is 5.32 Å². The molecule has 7 nitrogen and oxygen atoms in total. The lowest BCUT2D eigenvalue weighted by Crippen LogP contribution is -2.45. The topological polar surface area (TPSA) is 80.9 Å². The quantitative estimate of drug-likeness (QED) is 0.749. The van der Waals surface area contributed by atoms with Crippen LogP contribution in [0.5, 0.6) is 0 Å². The van der Waals surface area contributed by atoms with E-state index in [1.54, 1.807) is 19.1 Å². The van der Waals surface area contributed by atoms with Gasteiger partial charge in [-0.05, 0) is 31.2 Å². The van der Waals surface area contributed by atoms with E-state index >= 15 is 0 Å². The zero-order valence-corrected chi connectivity index (χ0v) is 14.7. The van der Waals surface area contributed by atoms with Crippen LogP contribution in [-0.4, -0.2) is 38.4 Å². The second-order valence-corrected chi connectivity index (χ2v) is 6.60. The third kappa shape index (κ3) is 3.38. The van der Waals surface area contributed by atoms with Crippen LogP contribution in [0.25, 0.3) is 5.65 Å². The summed E-state index contributed by atoms with van der Waals surface area (Å²) in [5, 5.41) is 15.1. The normalized spacial score (nSPS) is 19.0. The monoisotopic (exact) mass is 367 g/mol. The Bertz CT molecular complexity index is 1030. The minimum atomic E-state index is -1.12. The van der Waals surface area contributed by atoms with E-state index in [9.17, 15) is 9.18 Å². The highest BCUT2D eigenvalue weighted by Gasteiger charge is 2.42. The fourth-order valence-corrected chi connectivity index (χ4v) is 3.02. The zero-order chi connectivity index (χ0) is 18.9. The van der Waals surface area contributed by atoms with Crippen molar-refractivity contribution in [2.75, 3.05) is 6.54 Å². The highest BCUT2D eigenvalue weighted by atomic mass is 19.1. The van der Waals surface area contributed by atoms with Gasteiger partial charge in [0.2, 0.25) is 5.60 Å². The van der Waals surface area contributed by atoms with Crippen molar-refractivity contribution >= 4 is 17.3 Å². The SMILES string of the molecule is CC1(C(=O)NCCc2nnc3ccccn23)CC(c2cccc(F)c2)=NO1. The molecule has 27 heavy (non-hydrogen) atoms. The first-order valence-electron chi connectivity index (χ1n) is 8.63. The number of nitrogens with zero attached hydrogens (tertiary/aromatic N) is 4. The van der Waals surface area contributed by atoms with E-state index in [1.807, 2.05) is 28.8 Å². The fraction of sp³-hybridized carbons (Fsp3) is 0.263. The second kappa shape index (κ2) is 6.79. The Morgan fingerprint density at radius 2 is 2.19 bits per heavy atom. The number of benzene rings is 1. The smallest absolute Gasteiger partial charge is 0.267 e. The minimum Gasteiger partial charge on any atom is -0.379 e. The van der Waals surface area contributed by atoms with Gasteiger partial charge in [0.25, 0.3) is 5.91 Å². The van der Waals surface area contributed by atoms with Gasteiger partial charge in [0.1, 0.15) is 11.6 Å². The van der Waals surface area contributed by atoms with Gasteiger partial charge >= 0.3 is 0 Å². The maximum atomic E-state index is 13.4. The standard InChI is InChI=1S/C19H18FN5O2/c1-19(12-15(24-27-19)13-5-4-6-14(20)11-13)18(26)21-9-8-17-23-22-16-7-2-3-10-25(16)17/h2-7,10-11H,8-9,12H2,1H3,(H,21,26). The van der Waals surface area contributed by atoms with Crippen molar-refractivity contribution in [3.05, 3.63) is 65.9 Å². The molecule has 4 rings (SSSR count). The number of aromatic nitrogens is 3. The Morgan fingerprint density at radius 3 is 3.04 bits per heavy atom. The first-order chi connectivity index (χ1) is 13.0. The number of fused-ring (bicyclic) bond motifs is 1. The summed E-state index contributed by atoms with van der Waals surface area (Å²) in [5.74, 6) is 0.139. The number of pyridine rings is 1. The number of carbonyl (C=O) groups excluding carboxylic acids is 1. The highest BCUT2D eigenvalue weighted by molar-refractivity contribution is 6.05. The summed E-state index contributed by atoms with van der Waals surface area (Å²) in [6.45, 7) is 2.06. The summed E-state index contributed by atoms with van der Waals surface area (Å²) in [6, 6.07) is 11.7. The molecular formula is C19H18FN5O2. The Labute approximate surface area is 154 Å². The van der Waals surface area contributed by atoms with Gasteiger partial charge in [-0.1, -0.05) is 23.4 Å². The predicted molar refractivity (Wildman–Crippen MR) is 96.7 cm³/mol. The van der Waals surface area contributed by atoms with Crippen molar-refractivity contribution in [1.82, 2.24) is 19.9 Å². The van der Waals surface area contributed by atoms with Crippen LogP contribution in [0.1, 0.15) is 24.7 Å². The van der Waals surface area contributed by atoms with Crippen molar-refractivity contribution in [2.45, 2.75) is 25.4 Å². The number of hydrogen-bond donors (Lipinski definition) is 1. The Kier molecular flexibility index (Phi) is 4.31. The molecule has 0 saturated heterocycles. The molecule has 1 atom stereocenters. The average Bonchev–Trinajstić information content (AvgIpc) is 3.27. The minimum absolute atomic E-state index is 0.272. The van der Waals surface area contributed by atoms with Crippen LogP contribution in [0.3, 0.4) is 0 Å². The van der Waals surface area contributed by atoms with Gasteiger partial charge < -0.3 is 10.2 Å². The van der Waals surface area contributed by atoms with Crippen LogP contribution >= 0.6 is 0 Å². The average molecular weight is 367 g/mol. The van der Waals surface area contributed by atoms with Crippen LogP contribution in [0.2, 0.25) is 0 Å². The number of amides is 1. The van der Waals surface area contributed by atoms with Crippen LogP contribution in [0, 0.1) is 5.82 Å². The third-order valence-electron chi connectivity index (χ3n) is 4.52. The van der Waals surface area contributed by atoms with Crippen LogP contribution in [0.15, 0.2) is 53.8 Å². The molecular weight excluding hydrogens is 349 g/mol. The number of rotatable bonds is 5. The van der Waals surface area contributed by atoms with Gasteiger partial charge in [-0.15, -0.1) is 10.2 Å². The number of oxime groups is 1. The molecule has 1 aliphatic heterocycles. The number of hydrogen-bond acceptors (Lipinski definition) is 5. The van der Waals surface area contributed by atoms with Gasteiger partial charge in [-0.3, -0.25) is 9.20 Å². The van der Waals surface area contributed by atoms with Crippen molar-refractivity contribution < 1.29 is 14.0 Å². The summed E-state index contributed by atoms with van der Waals surface area (Å²) < 4.78 is 15.3. The molecule has 1 amide bonds.